The Kier molecular flexibility index (Phi) is 4.23. The Balaban J connectivity index is 1.48. The standard InChI is InChI=1S/C18H14ClN3O2S/c19-11-4-3-5-12(8-11)22-17(23)9-15(18(22)24)25-10-16-20-13-6-1-2-7-14(13)21-16/h1-8,15H,9-10H2,(H,20,21)/t15-/m0/s1. The van der Waals surface area contributed by atoms with Gasteiger partial charge in [-0.2, -0.15) is 0 Å². The van der Waals surface area contributed by atoms with Gasteiger partial charge in [-0.15, -0.1) is 11.8 Å². The minimum absolute atomic E-state index is 0.191. The van der Waals surface area contributed by atoms with Crippen molar-refractivity contribution in [1.29, 1.82) is 0 Å². The number of carbonyl (C=O) groups is 2. The molecule has 1 N–H and O–H groups in total. The van der Waals surface area contributed by atoms with E-state index in [-0.39, 0.29) is 18.2 Å². The van der Waals surface area contributed by atoms with Gasteiger partial charge in [-0.3, -0.25) is 9.59 Å². The van der Waals surface area contributed by atoms with Gasteiger partial charge in [0.15, 0.2) is 0 Å². The zero-order valence-corrected chi connectivity index (χ0v) is 14.7. The van der Waals surface area contributed by atoms with Crippen LogP contribution in [0.1, 0.15) is 12.2 Å². The molecule has 1 aliphatic heterocycles. The van der Waals surface area contributed by atoms with Gasteiger partial charge in [-0.05, 0) is 30.3 Å². The van der Waals surface area contributed by atoms with Crippen LogP contribution in [0.15, 0.2) is 48.5 Å². The number of halogens is 1. The summed E-state index contributed by atoms with van der Waals surface area (Å²) in [5, 5.41) is 0.0937. The molecule has 0 spiro atoms. The summed E-state index contributed by atoms with van der Waals surface area (Å²) < 4.78 is 0. The zero-order chi connectivity index (χ0) is 17.4. The molecule has 2 heterocycles. The van der Waals surface area contributed by atoms with Crippen molar-refractivity contribution in [2.75, 3.05) is 4.90 Å². The van der Waals surface area contributed by atoms with Crippen molar-refractivity contribution in [3.05, 3.63) is 59.4 Å². The van der Waals surface area contributed by atoms with Crippen LogP contribution in [0, 0.1) is 0 Å². The molecule has 0 aliphatic carbocycles. The first kappa shape index (κ1) is 16.2. The molecule has 0 bridgehead atoms. The number of nitrogens with one attached hydrogen (secondary N) is 1. The second kappa shape index (κ2) is 6.54. The van der Waals surface area contributed by atoms with Crippen molar-refractivity contribution in [1.82, 2.24) is 9.97 Å². The Hall–Kier alpha value is -2.31. The lowest BCUT2D eigenvalue weighted by Gasteiger charge is -2.15. The molecule has 1 saturated heterocycles. The number of H-pyrrole nitrogens is 1. The lowest BCUT2D eigenvalue weighted by molar-refractivity contribution is -0.121. The Morgan fingerprint density at radius 2 is 2.04 bits per heavy atom. The molecule has 2 amide bonds. The highest BCUT2D eigenvalue weighted by Gasteiger charge is 2.39. The lowest BCUT2D eigenvalue weighted by atomic mass is 10.3. The number of imide groups is 1. The molecule has 0 radical (unpaired) electrons. The van der Waals surface area contributed by atoms with Gasteiger partial charge in [0.05, 0.1) is 27.7 Å². The molecule has 1 fully saturated rings. The van der Waals surface area contributed by atoms with Gasteiger partial charge < -0.3 is 4.98 Å². The second-order valence-corrected chi connectivity index (χ2v) is 7.38. The third-order valence-electron chi connectivity index (χ3n) is 4.03. The number of imidazole rings is 1. The van der Waals surface area contributed by atoms with Crippen LogP contribution >= 0.6 is 23.4 Å². The number of fused-ring (bicyclic) bond motifs is 1. The molecule has 7 heteroatoms. The second-order valence-electron chi connectivity index (χ2n) is 5.75. The number of hydrogen-bond acceptors (Lipinski definition) is 4. The van der Waals surface area contributed by atoms with E-state index >= 15 is 0 Å². The molecule has 25 heavy (non-hydrogen) atoms. The van der Waals surface area contributed by atoms with Gasteiger partial charge >= 0.3 is 0 Å². The maximum atomic E-state index is 12.6. The van der Waals surface area contributed by atoms with Crippen LogP contribution in [0.25, 0.3) is 11.0 Å². The van der Waals surface area contributed by atoms with Crippen molar-refractivity contribution in [3.8, 4) is 0 Å². The van der Waals surface area contributed by atoms with E-state index in [0.29, 0.717) is 16.5 Å². The number of benzene rings is 2. The monoisotopic (exact) mass is 371 g/mol. The number of rotatable bonds is 4. The van der Waals surface area contributed by atoms with Gasteiger partial charge in [0, 0.05) is 11.4 Å². The number of hydrogen-bond donors (Lipinski definition) is 1. The summed E-state index contributed by atoms with van der Waals surface area (Å²) in [7, 11) is 0. The third-order valence-corrected chi connectivity index (χ3v) is 5.48. The van der Waals surface area contributed by atoms with Gasteiger partial charge in [0.1, 0.15) is 5.82 Å². The molecule has 2 aromatic carbocycles. The average Bonchev–Trinajstić information content (AvgIpc) is 3.13. The van der Waals surface area contributed by atoms with Crippen molar-refractivity contribution < 1.29 is 9.59 Å². The highest BCUT2D eigenvalue weighted by atomic mass is 35.5. The smallest absolute Gasteiger partial charge is 0.247 e. The summed E-state index contributed by atoms with van der Waals surface area (Å²) in [6.45, 7) is 0. The van der Waals surface area contributed by atoms with E-state index in [1.807, 2.05) is 24.3 Å². The lowest BCUT2D eigenvalue weighted by Crippen LogP contribution is -2.31. The fraction of sp³-hybridized carbons (Fsp3) is 0.167. The van der Waals surface area contributed by atoms with Gasteiger partial charge in [0.2, 0.25) is 11.8 Å². The Labute approximate surface area is 153 Å². The number of aromatic nitrogens is 2. The number of thioether (sulfide) groups is 1. The minimum Gasteiger partial charge on any atom is -0.341 e. The number of carbonyl (C=O) groups excluding carboxylic acids is 2. The van der Waals surface area contributed by atoms with Crippen LogP contribution in [0.3, 0.4) is 0 Å². The zero-order valence-electron chi connectivity index (χ0n) is 13.1. The molecule has 126 valence electrons. The van der Waals surface area contributed by atoms with Crippen molar-refractivity contribution >= 4 is 51.9 Å². The Bertz CT molecular complexity index is 939. The quantitative estimate of drug-likeness (QED) is 0.709. The van der Waals surface area contributed by atoms with Crippen molar-refractivity contribution in [2.45, 2.75) is 17.4 Å². The molecule has 1 aliphatic rings. The summed E-state index contributed by atoms with van der Waals surface area (Å²) in [4.78, 5) is 33.9. The fourth-order valence-corrected chi connectivity index (χ4v) is 4.06. The Morgan fingerprint density at radius 3 is 2.84 bits per heavy atom. The summed E-state index contributed by atoms with van der Waals surface area (Å²) >= 11 is 7.40. The number of aromatic amines is 1. The molecule has 1 atom stereocenters. The number of anilines is 1. The largest absolute Gasteiger partial charge is 0.341 e. The SMILES string of the molecule is O=C1C[C@H](SCc2nc3ccccc3[nH]2)C(=O)N1c1cccc(Cl)c1. The van der Waals surface area contributed by atoms with Crippen LogP contribution in [-0.4, -0.2) is 27.0 Å². The van der Waals surface area contributed by atoms with E-state index < -0.39 is 5.25 Å². The molecule has 5 nitrogen and oxygen atoms in total. The number of amides is 2. The first-order chi connectivity index (χ1) is 12.1. The van der Waals surface area contributed by atoms with Crippen LogP contribution in [0.2, 0.25) is 5.02 Å². The predicted molar refractivity (Wildman–Crippen MR) is 99.7 cm³/mol. The summed E-state index contributed by atoms with van der Waals surface area (Å²) in [6.07, 6.45) is 0.191. The predicted octanol–water partition coefficient (Wildman–Crippen LogP) is 3.78. The molecule has 1 aromatic heterocycles. The van der Waals surface area contributed by atoms with Crippen LogP contribution < -0.4 is 4.90 Å². The van der Waals surface area contributed by atoms with E-state index in [4.69, 9.17) is 11.6 Å². The van der Waals surface area contributed by atoms with Crippen LogP contribution in [-0.2, 0) is 15.3 Å². The molecule has 4 rings (SSSR count). The minimum atomic E-state index is -0.403. The van der Waals surface area contributed by atoms with Gasteiger partial charge in [0.25, 0.3) is 0 Å². The van der Waals surface area contributed by atoms with Crippen molar-refractivity contribution in [3.63, 3.8) is 0 Å². The first-order valence-corrected chi connectivity index (χ1v) is 9.22. The molecule has 3 aromatic rings. The van der Waals surface area contributed by atoms with Gasteiger partial charge in [-0.1, -0.05) is 29.8 Å². The van der Waals surface area contributed by atoms with E-state index in [1.54, 1.807) is 24.3 Å². The molecule has 0 unspecified atom stereocenters. The van der Waals surface area contributed by atoms with Crippen molar-refractivity contribution in [2.24, 2.45) is 0 Å². The number of nitrogens with zero attached hydrogens (tertiary/aromatic N) is 2. The topological polar surface area (TPSA) is 66.1 Å². The summed E-state index contributed by atoms with van der Waals surface area (Å²) in [6, 6.07) is 14.6. The summed E-state index contributed by atoms with van der Waals surface area (Å²) in [5.41, 5.74) is 2.38. The highest BCUT2D eigenvalue weighted by molar-refractivity contribution is 7.99. The fourth-order valence-electron chi connectivity index (χ4n) is 2.87. The molecular formula is C18H14ClN3O2S. The average molecular weight is 372 g/mol. The normalized spacial score (nSPS) is 17.6. The van der Waals surface area contributed by atoms with Crippen LogP contribution in [0.5, 0.6) is 0 Å². The van der Waals surface area contributed by atoms with E-state index in [9.17, 15) is 9.59 Å². The van der Waals surface area contributed by atoms with Gasteiger partial charge in [-0.25, -0.2) is 9.88 Å². The third kappa shape index (κ3) is 3.15. The Morgan fingerprint density at radius 1 is 1.20 bits per heavy atom. The highest BCUT2D eigenvalue weighted by Crippen LogP contribution is 2.32. The molecule has 0 saturated carbocycles. The van der Waals surface area contributed by atoms with E-state index in [2.05, 4.69) is 9.97 Å². The molecular weight excluding hydrogens is 358 g/mol. The van der Waals surface area contributed by atoms with Crippen LogP contribution in [0.4, 0.5) is 5.69 Å². The summed E-state index contributed by atoms with van der Waals surface area (Å²) in [5.74, 6) is 0.942. The maximum absolute atomic E-state index is 12.6. The number of para-hydroxylation sites is 2. The van der Waals surface area contributed by atoms with E-state index in [1.165, 1.54) is 16.7 Å². The first-order valence-electron chi connectivity index (χ1n) is 7.79. The van der Waals surface area contributed by atoms with E-state index in [0.717, 1.165) is 16.9 Å². The maximum Gasteiger partial charge on any atom is 0.247 e.